The lowest BCUT2D eigenvalue weighted by Crippen LogP contribution is -2.12. The van der Waals surface area contributed by atoms with Crippen molar-refractivity contribution >= 4 is 38.7 Å². The maximum Gasteiger partial charge on any atom is 0.267 e. The van der Waals surface area contributed by atoms with Gasteiger partial charge in [0.1, 0.15) is 10.7 Å². The second-order valence-corrected chi connectivity index (χ2v) is 5.77. The number of thiophene rings is 1. The number of carbonyl (C=O) groups is 1. The second kappa shape index (κ2) is 4.85. The third-order valence-electron chi connectivity index (χ3n) is 3.17. The molecule has 1 aromatic carbocycles. The second-order valence-electron chi connectivity index (χ2n) is 4.71. The van der Waals surface area contributed by atoms with E-state index in [0.29, 0.717) is 26.3 Å². The highest BCUT2D eigenvalue weighted by molar-refractivity contribution is 7.21. The molecule has 7 heteroatoms. The average molecular weight is 304 g/mol. The Bertz CT molecular complexity index is 852. The topological polar surface area (TPSA) is 72.9 Å². The normalized spacial score (nSPS) is 11.0. The van der Waals surface area contributed by atoms with E-state index in [4.69, 9.17) is 5.73 Å². The summed E-state index contributed by atoms with van der Waals surface area (Å²) in [6.45, 7) is 1.80. The molecule has 0 spiro atoms. The number of aryl methyl sites for hydroxylation is 2. The minimum atomic E-state index is -0.419. The Kier molecular flexibility index (Phi) is 3.13. The van der Waals surface area contributed by atoms with Crippen LogP contribution in [0.5, 0.6) is 0 Å². The van der Waals surface area contributed by atoms with Crippen LogP contribution in [0.2, 0.25) is 0 Å². The lowest BCUT2D eigenvalue weighted by atomic mass is 10.2. The van der Waals surface area contributed by atoms with Crippen LogP contribution >= 0.6 is 11.3 Å². The highest BCUT2D eigenvalue weighted by atomic mass is 32.1. The molecule has 0 atom stereocenters. The zero-order valence-electron chi connectivity index (χ0n) is 11.5. The lowest BCUT2D eigenvalue weighted by molar-refractivity contribution is 0.103. The van der Waals surface area contributed by atoms with Crippen molar-refractivity contribution < 1.29 is 9.18 Å². The van der Waals surface area contributed by atoms with Crippen molar-refractivity contribution in [3.8, 4) is 0 Å². The number of nitrogens with zero attached hydrogens (tertiary/aromatic N) is 2. The van der Waals surface area contributed by atoms with E-state index in [1.54, 1.807) is 37.0 Å². The van der Waals surface area contributed by atoms with Gasteiger partial charge in [-0.3, -0.25) is 9.48 Å². The van der Waals surface area contributed by atoms with Gasteiger partial charge in [-0.2, -0.15) is 5.10 Å². The summed E-state index contributed by atoms with van der Waals surface area (Å²) in [5.41, 5.74) is 7.42. The number of aromatic nitrogens is 2. The van der Waals surface area contributed by atoms with Gasteiger partial charge in [-0.25, -0.2) is 4.39 Å². The molecule has 0 bridgehead atoms. The Balaban J connectivity index is 2.00. The number of nitrogen functional groups attached to an aromatic ring is 1. The van der Waals surface area contributed by atoms with E-state index < -0.39 is 5.82 Å². The standard InChI is InChI=1S/C14H13FN4OS/c1-7-9(6-19(2)18-7)17-14(20)13-12(16)11-8(15)4-3-5-10(11)21-13/h3-6H,16H2,1-2H3,(H,17,20). The monoisotopic (exact) mass is 304 g/mol. The van der Waals surface area contributed by atoms with E-state index in [2.05, 4.69) is 10.4 Å². The maximum absolute atomic E-state index is 13.8. The van der Waals surface area contributed by atoms with Gasteiger partial charge in [-0.1, -0.05) is 6.07 Å². The molecule has 5 nitrogen and oxygen atoms in total. The van der Waals surface area contributed by atoms with E-state index in [-0.39, 0.29) is 11.6 Å². The van der Waals surface area contributed by atoms with Crippen LogP contribution in [0.3, 0.4) is 0 Å². The molecule has 0 aliphatic heterocycles. The number of fused-ring (bicyclic) bond motifs is 1. The van der Waals surface area contributed by atoms with Crippen LogP contribution in [0.4, 0.5) is 15.8 Å². The van der Waals surface area contributed by atoms with E-state index in [1.165, 1.54) is 17.4 Å². The van der Waals surface area contributed by atoms with Gasteiger partial charge in [0.05, 0.1) is 22.5 Å². The Morgan fingerprint density at radius 3 is 2.86 bits per heavy atom. The van der Waals surface area contributed by atoms with Crippen molar-refractivity contribution in [1.82, 2.24) is 9.78 Å². The fourth-order valence-electron chi connectivity index (χ4n) is 2.20. The van der Waals surface area contributed by atoms with Crippen molar-refractivity contribution in [1.29, 1.82) is 0 Å². The molecule has 3 N–H and O–H groups in total. The fourth-order valence-corrected chi connectivity index (χ4v) is 3.23. The molecule has 0 unspecified atom stereocenters. The minimum absolute atomic E-state index is 0.173. The summed E-state index contributed by atoms with van der Waals surface area (Å²) in [5.74, 6) is -0.776. The van der Waals surface area contributed by atoms with E-state index in [0.717, 1.165) is 0 Å². The maximum atomic E-state index is 13.8. The van der Waals surface area contributed by atoms with Crippen molar-refractivity contribution in [3.05, 3.63) is 40.8 Å². The molecule has 0 fully saturated rings. The van der Waals surface area contributed by atoms with Crippen LogP contribution in [-0.4, -0.2) is 15.7 Å². The van der Waals surface area contributed by atoms with Crippen molar-refractivity contribution in [2.24, 2.45) is 7.05 Å². The van der Waals surface area contributed by atoms with Crippen molar-refractivity contribution in [2.45, 2.75) is 6.92 Å². The summed E-state index contributed by atoms with van der Waals surface area (Å²) in [6, 6.07) is 4.67. The number of carbonyl (C=O) groups excluding carboxylic acids is 1. The Labute approximate surface area is 124 Å². The van der Waals surface area contributed by atoms with Gasteiger partial charge in [0.25, 0.3) is 5.91 Å². The molecule has 3 rings (SSSR count). The highest BCUT2D eigenvalue weighted by Crippen LogP contribution is 2.35. The van der Waals surface area contributed by atoms with Gasteiger partial charge < -0.3 is 11.1 Å². The number of hydrogen-bond donors (Lipinski definition) is 2. The molecule has 21 heavy (non-hydrogen) atoms. The molecule has 2 heterocycles. The van der Waals surface area contributed by atoms with Crippen LogP contribution in [-0.2, 0) is 7.05 Å². The summed E-state index contributed by atoms with van der Waals surface area (Å²) in [4.78, 5) is 12.6. The molecular weight excluding hydrogens is 291 g/mol. The van der Waals surface area contributed by atoms with E-state index in [1.807, 2.05) is 0 Å². The number of halogens is 1. The first-order valence-corrected chi connectivity index (χ1v) is 7.07. The number of hydrogen-bond acceptors (Lipinski definition) is 4. The minimum Gasteiger partial charge on any atom is -0.397 e. The predicted octanol–water partition coefficient (Wildman–Crippen LogP) is 2.92. The Morgan fingerprint density at radius 1 is 1.48 bits per heavy atom. The number of nitrogens with two attached hydrogens (primary N) is 1. The summed E-state index contributed by atoms with van der Waals surface area (Å²) >= 11 is 1.17. The Morgan fingerprint density at radius 2 is 2.24 bits per heavy atom. The van der Waals surface area contributed by atoms with Crippen LogP contribution in [0, 0.1) is 12.7 Å². The van der Waals surface area contributed by atoms with E-state index >= 15 is 0 Å². The van der Waals surface area contributed by atoms with Crippen LogP contribution in [0.15, 0.2) is 24.4 Å². The molecule has 0 saturated heterocycles. The number of amides is 1. The molecule has 2 aromatic heterocycles. The third kappa shape index (κ3) is 2.25. The van der Waals surface area contributed by atoms with Gasteiger partial charge in [0.2, 0.25) is 0 Å². The zero-order valence-corrected chi connectivity index (χ0v) is 12.3. The van der Waals surface area contributed by atoms with Crippen LogP contribution in [0.25, 0.3) is 10.1 Å². The van der Waals surface area contributed by atoms with Crippen LogP contribution in [0.1, 0.15) is 15.4 Å². The van der Waals surface area contributed by atoms with Crippen molar-refractivity contribution in [3.63, 3.8) is 0 Å². The first-order chi connectivity index (χ1) is 9.97. The number of nitrogens with one attached hydrogen (secondary N) is 1. The summed E-state index contributed by atoms with van der Waals surface area (Å²) < 4.78 is 16.1. The van der Waals surface area contributed by atoms with Crippen LogP contribution < -0.4 is 11.1 Å². The van der Waals surface area contributed by atoms with Gasteiger partial charge >= 0.3 is 0 Å². The summed E-state index contributed by atoms with van der Waals surface area (Å²) in [5, 5.41) is 7.21. The molecule has 0 aliphatic carbocycles. The smallest absolute Gasteiger partial charge is 0.267 e. The summed E-state index contributed by atoms with van der Waals surface area (Å²) in [6.07, 6.45) is 1.71. The Hall–Kier alpha value is -2.41. The first kappa shape index (κ1) is 13.6. The SMILES string of the molecule is Cc1nn(C)cc1NC(=O)c1sc2cccc(F)c2c1N. The van der Waals surface area contributed by atoms with Gasteiger partial charge in [-0.15, -0.1) is 11.3 Å². The predicted molar refractivity (Wildman–Crippen MR) is 82.1 cm³/mol. The number of benzene rings is 1. The molecule has 0 saturated carbocycles. The average Bonchev–Trinajstić information content (AvgIpc) is 2.91. The number of rotatable bonds is 2. The zero-order chi connectivity index (χ0) is 15.1. The van der Waals surface area contributed by atoms with Gasteiger partial charge in [0, 0.05) is 17.9 Å². The van der Waals surface area contributed by atoms with Gasteiger partial charge in [-0.05, 0) is 19.1 Å². The largest absolute Gasteiger partial charge is 0.397 e. The number of anilines is 2. The molecule has 108 valence electrons. The molecular formula is C14H13FN4OS. The van der Waals surface area contributed by atoms with Gasteiger partial charge in [0.15, 0.2) is 0 Å². The quantitative estimate of drug-likeness (QED) is 0.764. The van der Waals surface area contributed by atoms with Crippen molar-refractivity contribution in [2.75, 3.05) is 11.1 Å². The van der Waals surface area contributed by atoms with E-state index in [9.17, 15) is 9.18 Å². The third-order valence-corrected chi connectivity index (χ3v) is 4.34. The molecule has 1 amide bonds. The molecule has 0 aliphatic rings. The molecule has 0 radical (unpaired) electrons. The molecule has 3 aromatic rings. The highest BCUT2D eigenvalue weighted by Gasteiger charge is 2.19. The lowest BCUT2D eigenvalue weighted by Gasteiger charge is -2.02. The first-order valence-electron chi connectivity index (χ1n) is 6.25. The summed E-state index contributed by atoms with van der Waals surface area (Å²) in [7, 11) is 1.77. The fraction of sp³-hybridized carbons (Fsp3) is 0.143.